The average Bonchev–Trinajstić information content (AvgIpc) is 2.70. The van der Waals surface area contributed by atoms with Crippen LogP contribution in [0.25, 0.3) is 0 Å². The van der Waals surface area contributed by atoms with Crippen LogP contribution in [-0.2, 0) is 17.6 Å². The van der Waals surface area contributed by atoms with Crippen molar-refractivity contribution in [2.75, 3.05) is 20.3 Å². The van der Waals surface area contributed by atoms with Crippen LogP contribution in [0.5, 0.6) is 5.75 Å². The number of carbonyl (C=O) groups is 2. The number of rotatable bonds is 5. The molecule has 0 aromatic heterocycles. The van der Waals surface area contributed by atoms with Crippen LogP contribution < -0.4 is 4.74 Å². The third-order valence-electron chi connectivity index (χ3n) is 2.70. The van der Waals surface area contributed by atoms with Crippen molar-refractivity contribution in [2.24, 2.45) is 0 Å². The van der Waals surface area contributed by atoms with Gasteiger partial charge in [-0.05, 0) is 26.0 Å². The molecule has 0 amide bonds. The molecule has 8 heteroatoms. The van der Waals surface area contributed by atoms with Crippen molar-refractivity contribution in [3.05, 3.63) is 72.1 Å². The predicted molar refractivity (Wildman–Crippen MR) is 110 cm³/mol. The van der Waals surface area contributed by atoms with Crippen molar-refractivity contribution < 1.29 is 42.1 Å². The zero-order valence-electron chi connectivity index (χ0n) is 16.0. The number of ether oxygens (including phenoxy) is 1. The van der Waals surface area contributed by atoms with Crippen LogP contribution in [0.2, 0.25) is 0 Å². The predicted octanol–water partition coefficient (Wildman–Crippen LogP) is 4.34. The Kier molecular flexibility index (Phi) is 21.1. The SMILES string of the molecule is CCO.CCO.COc1ccc(C(=O)[CH-]C(=O)c2ccccc2)cc1.[Cl][Nb][Cl]. The van der Waals surface area contributed by atoms with Crippen LogP contribution in [0.3, 0.4) is 0 Å². The van der Waals surface area contributed by atoms with Crippen molar-refractivity contribution in [1.82, 2.24) is 0 Å². The summed E-state index contributed by atoms with van der Waals surface area (Å²) >= 11 is -0.706. The Balaban J connectivity index is 0. The summed E-state index contributed by atoms with van der Waals surface area (Å²) < 4.78 is 5.01. The maximum absolute atomic E-state index is 11.9. The van der Waals surface area contributed by atoms with E-state index in [0.29, 0.717) is 16.9 Å². The Hall–Kier alpha value is -1.31. The van der Waals surface area contributed by atoms with E-state index in [-0.39, 0.29) is 24.8 Å². The standard InChI is InChI=1S/C16H13O3.2C2H6O.2ClH.Nb/c1-19-14-9-7-13(8-10-14)16(18)11-15(17)12-5-3-2-4-6-12;2*1-2-3;;;/h2-11H,1H3;2*3H,2H2,1H3;2*1H;/q-1;;;;;+2/p-2. The summed E-state index contributed by atoms with van der Waals surface area (Å²) in [7, 11) is 11.4. The number of hydrogen-bond donors (Lipinski definition) is 2. The fraction of sp³-hybridized carbons (Fsp3) is 0.250. The van der Waals surface area contributed by atoms with Crippen molar-refractivity contribution in [2.45, 2.75) is 13.8 Å². The molecule has 0 unspecified atom stereocenters. The number of aliphatic hydroxyl groups excluding tert-OH is 2. The Bertz CT molecular complexity index is 632. The fourth-order valence-electron chi connectivity index (χ4n) is 1.64. The molecule has 0 fully saturated rings. The molecule has 2 N–H and O–H groups in total. The molecule has 0 aliphatic rings. The van der Waals surface area contributed by atoms with Crippen molar-refractivity contribution >= 4 is 29.9 Å². The molecule has 0 saturated carbocycles. The van der Waals surface area contributed by atoms with Gasteiger partial charge in [-0.15, -0.1) is 24.3 Å². The Morgan fingerprint density at radius 3 is 1.61 bits per heavy atom. The number of aliphatic hydroxyl groups is 2. The minimum absolute atomic E-state index is 0.250. The molecule has 0 radical (unpaired) electrons. The van der Waals surface area contributed by atoms with Gasteiger partial charge in [0.15, 0.2) is 0 Å². The van der Waals surface area contributed by atoms with Gasteiger partial charge in [0.1, 0.15) is 5.75 Å². The summed E-state index contributed by atoms with van der Waals surface area (Å²) in [6.45, 7) is 3.86. The van der Waals surface area contributed by atoms with Gasteiger partial charge in [0.05, 0.1) is 18.7 Å². The second-order valence-electron chi connectivity index (χ2n) is 4.66. The second-order valence-corrected chi connectivity index (χ2v) is 8.00. The Labute approximate surface area is 183 Å². The number of halogens is 2. The molecule has 5 nitrogen and oxygen atoms in total. The Morgan fingerprint density at radius 2 is 1.25 bits per heavy atom. The summed E-state index contributed by atoms with van der Waals surface area (Å²) in [6.07, 6.45) is 1.11. The summed E-state index contributed by atoms with van der Waals surface area (Å²) in [5.41, 5.74) is 0.967. The van der Waals surface area contributed by atoms with E-state index >= 15 is 0 Å². The summed E-state index contributed by atoms with van der Waals surface area (Å²) in [5, 5.41) is 15.1. The van der Waals surface area contributed by atoms with E-state index in [0.717, 1.165) is 6.42 Å². The number of ketones is 2. The van der Waals surface area contributed by atoms with E-state index in [1.54, 1.807) is 69.5 Å². The summed E-state index contributed by atoms with van der Waals surface area (Å²) in [4.78, 5) is 23.8. The monoisotopic (exact) mass is 508 g/mol. The molecule has 0 spiro atoms. The van der Waals surface area contributed by atoms with Gasteiger partial charge in [-0.3, -0.25) is 0 Å². The van der Waals surface area contributed by atoms with E-state index in [1.807, 2.05) is 6.07 Å². The van der Waals surface area contributed by atoms with Gasteiger partial charge < -0.3 is 24.5 Å². The number of hydrogen-bond acceptors (Lipinski definition) is 5. The third-order valence-corrected chi connectivity index (χ3v) is 2.70. The first kappa shape index (κ1) is 28.9. The zero-order valence-corrected chi connectivity index (χ0v) is 19.7. The third kappa shape index (κ3) is 14.7. The van der Waals surface area contributed by atoms with Crippen LogP contribution in [0.15, 0.2) is 54.6 Å². The van der Waals surface area contributed by atoms with Gasteiger partial charge in [0.25, 0.3) is 0 Å². The fourth-order valence-corrected chi connectivity index (χ4v) is 1.64. The maximum atomic E-state index is 11.9. The van der Waals surface area contributed by atoms with E-state index in [1.165, 1.54) is 0 Å². The normalized spacial score (nSPS) is 8.39. The van der Waals surface area contributed by atoms with Gasteiger partial charge in [0, 0.05) is 13.2 Å². The first-order valence-electron chi connectivity index (χ1n) is 8.21. The number of carbonyl (C=O) groups excluding carboxylic acids is 2. The van der Waals surface area contributed by atoms with Gasteiger partial charge in [0.2, 0.25) is 0 Å². The minimum atomic E-state index is -0.706. The molecule has 0 atom stereocenters. The van der Waals surface area contributed by atoms with Crippen LogP contribution in [0.4, 0.5) is 0 Å². The topological polar surface area (TPSA) is 83.8 Å². The van der Waals surface area contributed by atoms with Crippen molar-refractivity contribution in [1.29, 1.82) is 0 Å². The van der Waals surface area contributed by atoms with Crippen LogP contribution in [0.1, 0.15) is 34.6 Å². The van der Waals surface area contributed by atoms with Gasteiger partial charge in [-0.25, -0.2) is 0 Å². The van der Waals surface area contributed by atoms with E-state index in [9.17, 15) is 9.59 Å². The zero-order chi connectivity index (χ0) is 21.8. The van der Waals surface area contributed by atoms with E-state index in [4.69, 9.17) is 33.3 Å². The molecule has 0 saturated heterocycles. The molecule has 0 bridgehead atoms. The molecule has 2 aromatic rings. The van der Waals surface area contributed by atoms with Gasteiger partial charge in [-0.2, -0.15) is 0 Å². The average molecular weight is 509 g/mol. The summed E-state index contributed by atoms with van der Waals surface area (Å²) in [6, 6.07) is 15.4. The van der Waals surface area contributed by atoms with Crippen molar-refractivity contribution in [3.8, 4) is 5.75 Å². The van der Waals surface area contributed by atoms with Crippen LogP contribution in [-0.4, -0.2) is 42.1 Å². The Morgan fingerprint density at radius 1 is 0.893 bits per heavy atom. The molecular weight excluding hydrogens is 484 g/mol. The number of benzene rings is 2. The molecule has 28 heavy (non-hydrogen) atoms. The quantitative estimate of drug-likeness (QED) is 0.271. The van der Waals surface area contributed by atoms with Crippen LogP contribution in [0, 0.1) is 6.42 Å². The second kappa shape index (κ2) is 20.4. The molecule has 0 aliphatic carbocycles. The van der Waals surface area contributed by atoms with E-state index in [2.05, 4.69) is 0 Å². The number of methoxy groups -OCH3 is 1. The molecule has 0 aliphatic heterocycles. The summed E-state index contributed by atoms with van der Waals surface area (Å²) in [5.74, 6) is 0.0730. The van der Waals surface area contributed by atoms with Crippen LogP contribution >= 0.6 is 18.4 Å². The van der Waals surface area contributed by atoms with Crippen molar-refractivity contribution in [3.63, 3.8) is 0 Å². The molecular formula is C20H25Cl2NbO5-. The molecule has 0 heterocycles. The van der Waals surface area contributed by atoms with E-state index < -0.39 is 17.6 Å². The molecule has 2 rings (SSSR count). The number of Topliss-reactive ketones (excluding diaryl/α,β-unsaturated/α-hetero) is 2. The first-order chi connectivity index (χ1) is 13.4. The molecule has 155 valence electrons. The molecule has 2 aromatic carbocycles. The van der Waals surface area contributed by atoms with Gasteiger partial charge in [-0.1, -0.05) is 35.7 Å². The van der Waals surface area contributed by atoms with Gasteiger partial charge >= 0.3 is 36.0 Å². The first-order valence-corrected chi connectivity index (χ1v) is 13.9.